The van der Waals surface area contributed by atoms with E-state index in [1.807, 2.05) is 0 Å². The van der Waals surface area contributed by atoms with Gasteiger partial charge >= 0.3 is 0 Å². The lowest BCUT2D eigenvalue weighted by molar-refractivity contribution is 0.284. The summed E-state index contributed by atoms with van der Waals surface area (Å²) in [6.07, 6.45) is 1.18. The minimum atomic E-state index is 0.193. The fourth-order valence-electron chi connectivity index (χ4n) is 3.37. The molecule has 0 radical (unpaired) electrons. The molecule has 0 bridgehead atoms. The number of rotatable bonds is 3. The van der Waals surface area contributed by atoms with E-state index < -0.39 is 0 Å². The monoisotopic (exact) mass is 280 g/mol. The molecule has 0 N–H and O–H groups in total. The van der Waals surface area contributed by atoms with Gasteiger partial charge in [0.15, 0.2) is 0 Å². The molecule has 0 amide bonds. The van der Waals surface area contributed by atoms with Crippen molar-refractivity contribution in [2.75, 3.05) is 0 Å². The molecule has 0 aromatic heterocycles. The van der Waals surface area contributed by atoms with E-state index in [0.29, 0.717) is 5.41 Å². The molecule has 2 rings (SSSR count). The van der Waals surface area contributed by atoms with Gasteiger partial charge in [0.2, 0.25) is 0 Å². The first-order chi connectivity index (χ1) is 9.67. The molecule has 0 aliphatic carbocycles. The van der Waals surface area contributed by atoms with Gasteiger partial charge < -0.3 is 0 Å². The molecule has 0 heterocycles. The summed E-state index contributed by atoms with van der Waals surface area (Å²) in [5.41, 5.74) is 5.89. The van der Waals surface area contributed by atoms with Gasteiger partial charge in [0.05, 0.1) is 0 Å². The largest absolute Gasteiger partial charge is 0.0614 e. The lowest BCUT2D eigenvalue weighted by Gasteiger charge is -2.33. The Labute approximate surface area is 130 Å². The highest BCUT2D eigenvalue weighted by atomic mass is 14.3. The minimum absolute atomic E-state index is 0.193. The van der Waals surface area contributed by atoms with Crippen LogP contribution in [0.25, 0.3) is 11.1 Å². The van der Waals surface area contributed by atoms with E-state index in [2.05, 4.69) is 90.1 Å². The van der Waals surface area contributed by atoms with Crippen LogP contribution in [0.3, 0.4) is 0 Å². The fourth-order valence-corrected chi connectivity index (χ4v) is 3.37. The molecule has 0 nitrogen and oxygen atoms in total. The van der Waals surface area contributed by atoms with E-state index >= 15 is 0 Å². The zero-order valence-electron chi connectivity index (χ0n) is 14.3. The predicted molar refractivity (Wildman–Crippen MR) is 93.7 cm³/mol. The van der Waals surface area contributed by atoms with Crippen molar-refractivity contribution >= 4 is 0 Å². The molecule has 0 atom stereocenters. The minimum Gasteiger partial charge on any atom is -0.0614 e. The van der Waals surface area contributed by atoms with Crippen molar-refractivity contribution in [2.24, 2.45) is 5.41 Å². The van der Waals surface area contributed by atoms with Crippen LogP contribution in [0.4, 0.5) is 0 Å². The highest BCUT2D eigenvalue weighted by Gasteiger charge is 2.27. The second kappa shape index (κ2) is 5.67. The summed E-state index contributed by atoms with van der Waals surface area (Å²) in [7, 11) is 0. The summed E-state index contributed by atoms with van der Waals surface area (Å²) < 4.78 is 0. The highest BCUT2D eigenvalue weighted by Crippen LogP contribution is 2.37. The van der Waals surface area contributed by atoms with Gasteiger partial charge in [0.1, 0.15) is 0 Å². The molecule has 0 heteroatoms. The Kier molecular flexibility index (Phi) is 4.27. The zero-order chi connectivity index (χ0) is 15.7. The van der Waals surface area contributed by atoms with Crippen LogP contribution in [0.15, 0.2) is 48.5 Å². The van der Waals surface area contributed by atoms with Crippen LogP contribution in [0.2, 0.25) is 0 Å². The van der Waals surface area contributed by atoms with Crippen LogP contribution in [-0.4, -0.2) is 0 Å². The SMILES string of the molecule is Cc1cccc(-c2cccc(C(C)(C)CC(C)(C)C)c2)c1. The van der Waals surface area contributed by atoms with Crippen molar-refractivity contribution in [1.29, 1.82) is 0 Å². The van der Waals surface area contributed by atoms with Crippen LogP contribution in [0.1, 0.15) is 52.2 Å². The molecule has 0 saturated heterocycles. The summed E-state index contributed by atoms with van der Waals surface area (Å²) >= 11 is 0. The quantitative estimate of drug-likeness (QED) is 0.612. The van der Waals surface area contributed by atoms with Crippen molar-refractivity contribution in [3.05, 3.63) is 59.7 Å². The highest BCUT2D eigenvalue weighted by molar-refractivity contribution is 5.65. The van der Waals surface area contributed by atoms with Crippen molar-refractivity contribution in [3.8, 4) is 11.1 Å². The number of benzene rings is 2. The first-order valence-electron chi connectivity index (χ1n) is 7.85. The summed E-state index contributed by atoms with van der Waals surface area (Å²) in [6, 6.07) is 17.8. The Hall–Kier alpha value is -1.56. The van der Waals surface area contributed by atoms with Gasteiger partial charge in [-0.25, -0.2) is 0 Å². The normalized spacial score (nSPS) is 12.5. The molecular formula is C21H28. The molecule has 112 valence electrons. The Morgan fingerprint density at radius 1 is 0.762 bits per heavy atom. The van der Waals surface area contributed by atoms with E-state index in [0.717, 1.165) is 0 Å². The number of hydrogen-bond donors (Lipinski definition) is 0. The summed E-state index contributed by atoms with van der Waals surface area (Å²) in [4.78, 5) is 0. The molecule has 0 fully saturated rings. The summed E-state index contributed by atoms with van der Waals surface area (Å²) in [5.74, 6) is 0. The molecule has 0 unspecified atom stereocenters. The molecular weight excluding hydrogens is 252 g/mol. The third kappa shape index (κ3) is 4.20. The standard InChI is InChI=1S/C21H28/c1-16-9-7-10-17(13-16)18-11-8-12-19(14-18)21(5,6)15-20(2,3)4/h7-14H,15H2,1-6H3. The van der Waals surface area contributed by atoms with Crippen LogP contribution >= 0.6 is 0 Å². The lowest BCUT2D eigenvalue weighted by Crippen LogP contribution is -2.24. The average molecular weight is 280 g/mol. The smallest absolute Gasteiger partial charge is 0.00984 e. The Morgan fingerprint density at radius 3 is 1.90 bits per heavy atom. The Bertz CT molecular complexity index is 612. The van der Waals surface area contributed by atoms with Gasteiger partial charge in [-0.15, -0.1) is 0 Å². The molecule has 0 aliphatic heterocycles. The maximum Gasteiger partial charge on any atom is -0.00984 e. The van der Waals surface area contributed by atoms with E-state index in [9.17, 15) is 0 Å². The maximum absolute atomic E-state index is 2.36. The zero-order valence-corrected chi connectivity index (χ0v) is 14.3. The second-order valence-electron chi connectivity index (χ2n) is 8.07. The second-order valence-corrected chi connectivity index (χ2v) is 8.07. The van der Waals surface area contributed by atoms with E-state index in [1.54, 1.807) is 0 Å². The van der Waals surface area contributed by atoms with Crippen LogP contribution in [0.5, 0.6) is 0 Å². The number of hydrogen-bond acceptors (Lipinski definition) is 0. The van der Waals surface area contributed by atoms with Crippen molar-refractivity contribution in [2.45, 2.75) is 53.4 Å². The lowest BCUT2D eigenvalue weighted by atomic mass is 9.72. The Balaban J connectivity index is 2.38. The van der Waals surface area contributed by atoms with Gasteiger partial charge in [-0.2, -0.15) is 0 Å². The topological polar surface area (TPSA) is 0 Å². The molecule has 2 aromatic carbocycles. The average Bonchev–Trinajstić information content (AvgIpc) is 2.36. The van der Waals surface area contributed by atoms with Gasteiger partial charge in [-0.3, -0.25) is 0 Å². The van der Waals surface area contributed by atoms with Crippen molar-refractivity contribution < 1.29 is 0 Å². The van der Waals surface area contributed by atoms with Crippen LogP contribution in [-0.2, 0) is 5.41 Å². The molecule has 0 saturated carbocycles. The van der Waals surface area contributed by atoms with Crippen LogP contribution < -0.4 is 0 Å². The van der Waals surface area contributed by atoms with E-state index in [1.165, 1.54) is 28.7 Å². The predicted octanol–water partition coefficient (Wildman–Crippen LogP) is 6.38. The first-order valence-corrected chi connectivity index (χ1v) is 7.85. The third-order valence-electron chi connectivity index (χ3n) is 3.97. The third-order valence-corrected chi connectivity index (χ3v) is 3.97. The van der Waals surface area contributed by atoms with Gasteiger partial charge in [-0.05, 0) is 40.9 Å². The Morgan fingerprint density at radius 2 is 1.33 bits per heavy atom. The first kappa shape index (κ1) is 15.8. The van der Waals surface area contributed by atoms with Crippen LogP contribution in [0, 0.1) is 12.3 Å². The number of aryl methyl sites for hydroxylation is 1. The van der Waals surface area contributed by atoms with Crippen molar-refractivity contribution in [3.63, 3.8) is 0 Å². The molecule has 0 spiro atoms. The summed E-state index contributed by atoms with van der Waals surface area (Å²) in [6.45, 7) is 13.8. The van der Waals surface area contributed by atoms with Gasteiger partial charge in [0.25, 0.3) is 0 Å². The molecule has 21 heavy (non-hydrogen) atoms. The maximum atomic E-state index is 2.36. The van der Waals surface area contributed by atoms with Crippen molar-refractivity contribution in [1.82, 2.24) is 0 Å². The fraction of sp³-hybridized carbons (Fsp3) is 0.429. The van der Waals surface area contributed by atoms with E-state index in [-0.39, 0.29) is 5.41 Å². The molecule has 2 aromatic rings. The van der Waals surface area contributed by atoms with Gasteiger partial charge in [0, 0.05) is 0 Å². The summed E-state index contributed by atoms with van der Waals surface area (Å²) in [5, 5.41) is 0. The van der Waals surface area contributed by atoms with Gasteiger partial charge in [-0.1, -0.05) is 88.7 Å². The van der Waals surface area contributed by atoms with E-state index in [4.69, 9.17) is 0 Å². The molecule has 0 aliphatic rings.